The fraction of sp³-hybridized carbons (Fsp3) is 0.409. The van der Waals surface area contributed by atoms with Gasteiger partial charge in [-0.25, -0.2) is 28.7 Å². The lowest BCUT2D eigenvalue weighted by Gasteiger charge is -2.39. The first-order valence-electron chi connectivity index (χ1n) is 20.9. The summed E-state index contributed by atoms with van der Waals surface area (Å²) in [6, 6.07) is 11.2. The number of aromatic nitrogens is 5. The van der Waals surface area contributed by atoms with Gasteiger partial charge in [0.2, 0.25) is 17.8 Å². The molecule has 17 heteroatoms. The minimum absolute atomic E-state index is 0.0223. The molecular formula is C44H47F2N11O4. The van der Waals surface area contributed by atoms with E-state index in [4.69, 9.17) is 0 Å². The van der Waals surface area contributed by atoms with E-state index in [-0.39, 0.29) is 41.6 Å². The molecule has 61 heavy (non-hydrogen) atoms. The summed E-state index contributed by atoms with van der Waals surface area (Å²) in [7, 11) is 0. The van der Waals surface area contributed by atoms with Gasteiger partial charge in [-0.1, -0.05) is 6.07 Å². The van der Waals surface area contributed by atoms with Gasteiger partial charge in [0, 0.05) is 69.2 Å². The highest BCUT2D eigenvalue weighted by atomic mass is 19.1. The van der Waals surface area contributed by atoms with Gasteiger partial charge in [-0.05, 0) is 101 Å². The van der Waals surface area contributed by atoms with E-state index < -0.39 is 41.3 Å². The van der Waals surface area contributed by atoms with Crippen LogP contribution in [0.2, 0.25) is 0 Å². The Morgan fingerprint density at radius 2 is 1.59 bits per heavy atom. The van der Waals surface area contributed by atoms with Crippen molar-refractivity contribution in [1.82, 2.24) is 44.5 Å². The molecule has 0 bridgehead atoms. The van der Waals surface area contributed by atoms with Crippen LogP contribution in [0.25, 0.3) is 22.3 Å². The van der Waals surface area contributed by atoms with E-state index in [1.165, 1.54) is 6.07 Å². The number of anilines is 3. The Kier molecular flexibility index (Phi) is 10.8. The maximum absolute atomic E-state index is 15.2. The molecule has 0 aliphatic carbocycles. The molecule has 4 aliphatic heterocycles. The Morgan fingerprint density at radius 3 is 2.31 bits per heavy atom. The van der Waals surface area contributed by atoms with Gasteiger partial charge in [0.25, 0.3) is 11.8 Å². The predicted octanol–water partition coefficient (Wildman–Crippen LogP) is 5.23. The molecule has 0 saturated carbocycles. The molecule has 0 radical (unpaired) electrons. The summed E-state index contributed by atoms with van der Waals surface area (Å²) >= 11 is 0. The van der Waals surface area contributed by atoms with Crippen molar-refractivity contribution in [3.05, 3.63) is 89.0 Å². The molecule has 4 amide bonds. The number of halogens is 2. The van der Waals surface area contributed by atoms with Gasteiger partial charge in [-0.15, -0.1) is 0 Å². The summed E-state index contributed by atoms with van der Waals surface area (Å²) in [5.41, 5.74) is 3.62. The molecular weight excluding hydrogens is 785 g/mol. The zero-order valence-electron chi connectivity index (χ0n) is 34.3. The fourth-order valence-corrected chi connectivity index (χ4v) is 9.19. The third-order valence-corrected chi connectivity index (χ3v) is 12.3. The van der Waals surface area contributed by atoms with Crippen LogP contribution in [0.3, 0.4) is 0 Å². The van der Waals surface area contributed by atoms with E-state index in [0.29, 0.717) is 34.2 Å². The molecule has 2 aromatic carbocycles. The second kappa shape index (κ2) is 16.3. The SMILES string of the molecule is Cc1nc2c(F)cc(-c3nc(Nc4ccc(CN5CCC(CN6CCN(c7ccc8c(c7)C(=O)N(C7CCC(=O)NC7=O)C8=O)CC6)CC5)cn4)ncc3F)cc2n1C(C)C. The zero-order valence-corrected chi connectivity index (χ0v) is 34.3. The van der Waals surface area contributed by atoms with E-state index in [0.717, 1.165) is 87.5 Å². The Morgan fingerprint density at radius 1 is 0.820 bits per heavy atom. The second-order valence-electron chi connectivity index (χ2n) is 16.7. The van der Waals surface area contributed by atoms with Crippen LogP contribution in [0.5, 0.6) is 0 Å². The summed E-state index contributed by atoms with van der Waals surface area (Å²) in [4.78, 5) is 76.2. The first-order valence-corrected chi connectivity index (χ1v) is 20.9. The standard InChI is InChI=1S/C44H47F2N11O4/c1-25(2)56-26(3)49-40-33(45)18-29(19-36(40)56)39-34(46)22-48-44(52-39)50-37-8-4-28(21-47-37)24-53-12-10-27(11-13-53)23-54-14-16-55(17-15-54)30-5-6-31-32(20-30)43(61)57(42(31)60)35-7-9-38(58)51-41(35)59/h4-6,8,18-22,25,27,35H,7,9-17,23-24H2,1-3H3,(H,51,58,59)(H,47,48,50,52). The first-order chi connectivity index (χ1) is 29.4. The number of amides is 4. The number of benzene rings is 2. The number of rotatable bonds is 10. The number of fused-ring (bicyclic) bond motifs is 2. The van der Waals surface area contributed by atoms with Crippen molar-refractivity contribution in [2.75, 3.05) is 56.0 Å². The van der Waals surface area contributed by atoms with Gasteiger partial charge in [0.1, 0.15) is 28.9 Å². The lowest BCUT2D eigenvalue weighted by molar-refractivity contribution is -0.136. The van der Waals surface area contributed by atoms with Crippen LogP contribution in [-0.4, -0.2) is 115 Å². The van der Waals surface area contributed by atoms with Gasteiger partial charge in [0.15, 0.2) is 11.6 Å². The molecule has 1 unspecified atom stereocenters. The maximum Gasteiger partial charge on any atom is 0.262 e. The molecule has 9 rings (SSSR count). The Hall–Kier alpha value is -6.20. The topological polar surface area (TPSA) is 162 Å². The third kappa shape index (κ3) is 7.94. The Balaban J connectivity index is 0.744. The number of likely N-dealkylation sites (tertiary alicyclic amines) is 1. The van der Waals surface area contributed by atoms with Crippen LogP contribution >= 0.6 is 0 Å². The minimum atomic E-state index is -0.979. The van der Waals surface area contributed by atoms with E-state index >= 15 is 8.78 Å². The van der Waals surface area contributed by atoms with Gasteiger partial charge in [0.05, 0.1) is 22.8 Å². The molecule has 15 nitrogen and oxygen atoms in total. The highest BCUT2D eigenvalue weighted by Gasteiger charge is 2.45. The summed E-state index contributed by atoms with van der Waals surface area (Å²) in [5.74, 6) is -1.29. The lowest BCUT2D eigenvalue weighted by Crippen LogP contribution is -2.54. The molecule has 3 aromatic heterocycles. The number of hydrogen-bond acceptors (Lipinski definition) is 12. The molecule has 2 N–H and O–H groups in total. The van der Waals surface area contributed by atoms with Crippen LogP contribution in [0.4, 0.5) is 26.2 Å². The van der Waals surface area contributed by atoms with Gasteiger partial charge >= 0.3 is 0 Å². The summed E-state index contributed by atoms with van der Waals surface area (Å²) in [5, 5.41) is 5.30. The summed E-state index contributed by atoms with van der Waals surface area (Å²) in [6.45, 7) is 12.9. The quantitative estimate of drug-likeness (QED) is 0.177. The first kappa shape index (κ1) is 40.2. The highest BCUT2D eigenvalue weighted by Crippen LogP contribution is 2.33. The van der Waals surface area contributed by atoms with Crippen molar-refractivity contribution in [3.63, 3.8) is 0 Å². The lowest BCUT2D eigenvalue weighted by atomic mass is 9.95. The number of nitrogens with one attached hydrogen (secondary N) is 2. The van der Waals surface area contributed by atoms with Crippen LogP contribution in [0.1, 0.15) is 77.7 Å². The number of aryl methyl sites for hydroxylation is 1. The monoisotopic (exact) mass is 831 g/mol. The molecule has 1 atom stereocenters. The molecule has 4 aliphatic rings. The number of carbonyl (C=O) groups excluding carboxylic acids is 4. The molecule has 0 spiro atoms. The number of imide groups is 2. The molecule has 5 aromatic rings. The number of piperidine rings is 2. The average molecular weight is 832 g/mol. The van der Waals surface area contributed by atoms with Crippen molar-refractivity contribution in [2.45, 2.75) is 65.1 Å². The summed E-state index contributed by atoms with van der Waals surface area (Å²) < 4.78 is 32.1. The summed E-state index contributed by atoms with van der Waals surface area (Å²) in [6.07, 6.45) is 5.30. The number of piperazine rings is 1. The fourth-order valence-electron chi connectivity index (χ4n) is 9.19. The number of hydrogen-bond donors (Lipinski definition) is 2. The molecule has 316 valence electrons. The number of imidazole rings is 1. The van der Waals surface area contributed by atoms with Crippen molar-refractivity contribution >= 4 is 52.1 Å². The predicted molar refractivity (Wildman–Crippen MR) is 223 cm³/mol. The molecule has 3 fully saturated rings. The Labute approximate surface area is 351 Å². The van der Waals surface area contributed by atoms with Gasteiger partial charge < -0.3 is 14.8 Å². The smallest absolute Gasteiger partial charge is 0.262 e. The van der Waals surface area contributed by atoms with Crippen molar-refractivity contribution in [2.24, 2.45) is 5.92 Å². The van der Waals surface area contributed by atoms with E-state index in [9.17, 15) is 19.2 Å². The van der Waals surface area contributed by atoms with Crippen molar-refractivity contribution in [3.8, 4) is 11.3 Å². The highest BCUT2D eigenvalue weighted by molar-refractivity contribution is 6.23. The van der Waals surface area contributed by atoms with E-state index in [2.05, 4.69) is 45.3 Å². The second-order valence-corrected chi connectivity index (χ2v) is 16.7. The van der Waals surface area contributed by atoms with E-state index in [1.54, 1.807) is 18.2 Å². The average Bonchev–Trinajstić information content (AvgIpc) is 3.72. The zero-order chi connectivity index (χ0) is 42.5. The van der Waals surface area contributed by atoms with Gasteiger partial charge in [-0.2, -0.15) is 0 Å². The van der Waals surface area contributed by atoms with Crippen LogP contribution < -0.4 is 15.5 Å². The largest absolute Gasteiger partial charge is 0.369 e. The molecule has 7 heterocycles. The van der Waals surface area contributed by atoms with Crippen LogP contribution in [0, 0.1) is 24.5 Å². The number of pyridine rings is 1. The van der Waals surface area contributed by atoms with Crippen LogP contribution in [0.15, 0.2) is 54.9 Å². The molecule has 3 saturated heterocycles. The van der Waals surface area contributed by atoms with Crippen molar-refractivity contribution in [1.29, 1.82) is 0 Å². The third-order valence-electron chi connectivity index (χ3n) is 12.3. The normalized spacial score (nSPS) is 19.3. The number of nitrogens with zero attached hydrogens (tertiary/aromatic N) is 9. The van der Waals surface area contributed by atoms with Crippen LogP contribution in [-0.2, 0) is 16.1 Å². The number of carbonyl (C=O) groups is 4. The minimum Gasteiger partial charge on any atom is -0.369 e. The maximum atomic E-state index is 15.2. The Bertz CT molecular complexity index is 2550. The van der Waals surface area contributed by atoms with E-state index in [1.807, 2.05) is 49.7 Å². The van der Waals surface area contributed by atoms with Crippen molar-refractivity contribution < 1.29 is 28.0 Å². The van der Waals surface area contributed by atoms with Gasteiger partial charge in [-0.3, -0.25) is 39.2 Å².